The number of ether oxygens (including phenoxy) is 3. The summed E-state index contributed by atoms with van der Waals surface area (Å²) in [4.78, 5) is 44.5. The fourth-order valence-corrected chi connectivity index (χ4v) is 0.959. The number of aliphatic carboxylic acids is 1. The summed E-state index contributed by atoms with van der Waals surface area (Å²) in [5.41, 5.74) is 0. The van der Waals surface area contributed by atoms with E-state index in [1.165, 1.54) is 13.8 Å². The molecule has 0 aromatic heterocycles. The molecule has 0 aliphatic carbocycles. The van der Waals surface area contributed by atoms with Crippen molar-refractivity contribution in [2.45, 2.75) is 52.1 Å². The van der Waals surface area contributed by atoms with E-state index in [0.29, 0.717) is 0 Å². The van der Waals surface area contributed by atoms with Gasteiger partial charge in [0.1, 0.15) is 6.10 Å². The second-order valence-corrected chi connectivity index (χ2v) is 4.25. The van der Waals surface area contributed by atoms with Crippen LogP contribution in [0.25, 0.3) is 0 Å². The van der Waals surface area contributed by atoms with Gasteiger partial charge in [-0.2, -0.15) is 0 Å². The van der Waals surface area contributed by atoms with Gasteiger partial charge in [-0.25, -0.2) is 19.2 Å². The molecule has 21 heavy (non-hydrogen) atoms. The van der Waals surface area contributed by atoms with E-state index in [1.54, 1.807) is 0 Å². The van der Waals surface area contributed by atoms with Crippen LogP contribution in [0.1, 0.15) is 27.7 Å². The van der Waals surface area contributed by atoms with E-state index in [0.717, 1.165) is 13.8 Å². The van der Waals surface area contributed by atoms with Gasteiger partial charge in [0.15, 0.2) is 18.3 Å². The van der Waals surface area contributed by atoms with Crippen LogP contribution in [0.3, 0.4) is 0 Å². The van der Waals surface area contributed by atoms with Crippen molar-refractivity contribution in [3.63, 3.8) is 0 Å². The fraction of sp³-hybridized carbons (Fsp3) is 0.667. The first kappa shape index (κ1) is 18.8. The zero-order chi connectivity index (χ0) is 16.7. The molecule has 0 rings (SSSR count). The zero-order valence-electron chi connectivity index (χ0n) is 12.1. The van der Waals surface area contributed by atoms with Gasteiger partial charge < -0.3 is 24.4 Å². The monoisotopic (exact) mass is 306 g/mol. The Labute approximate surface area is 120 Å². The van der Waals surface area contributed by atoms with Crippen LogP contribution in [0.15, 0.2) is 0 Å². The van der Waals surface area contributed by atoms with Gasteiger partial charge in [0.25, 0.3) is 0 Å². The highest BCUT2D eigenvalue weighted by Gasteiger charge is 2.28. The van der Waals surface area contributed by atoms with Gasteiger partial charge in [-0.05, 0) is 27.7 Å². The predicted molar refractivity (Wildman–Crippen MR) is 66.0 cm³/mol. The minimum Gasteiger partial charge on any atom is -0.479 e. The van der Waals surface area contributed by atoms with Crippen LogP contribution in [0.4, 0.5) is 0 Å². The molecule has 0 amide bonds. The smallest absolute Gasteiger partial charge is 0.347 e. The average molecular weight is 306 g/mol. The molecule has 0 aromatic carbocycles. The number of rotatable bonds is 7. The molecule has 0 aliphatic rings. The number of carbonyl (C=O) groups is 4. The Bertz CT molecular complexity index is 415. The summed E-state index contributed by atoms with van der Waals surface area (Å²) < 4.78 is 13.7. The topological polar surface area (TPSA) is 136 Å². The molecule has 0 bridgehead atoms. The second kappa shape index (κ2) is 8.20. The van der Waals surface area contributed by atoms with Crippen LogP contribution >= 0.6 is 0 Å². The highest BCUT2D eigenvalue weighted by Crippen LogP contribution is 2.04. The zero-order valence-corrected chi connectivity index (χ0v) is 12.1. The van der Waals surface area contributed by atoms with Gasteiger partial charge in [-0.3, -0.25) is 0 Å². The Kier molecular flexibility index (Phi) is 7.36. The molecule has 0 aliphatic heterocycles. The predicted octanol–water partition coefficient (Wildman–Crippen LogP) is -0.753. The molecular weight excluding hydrogens is 288 g/mol. The van der Waals surface area contributed by atoms with Crippen molar-refractivity contribution in [2.24, 2.45) is 0 Å². The minimum atomic E-state index is -1.40. The summed E-state index contributed by atoms with van der Waals surface area (Å²) in [7, 11) is 0. The number of esters is 3. The van der Waals surface area contributed by atoms with Crippen molar-refractivity contribution in [2.75, 3.05) is 0 Å². The van der Waals surface area contributed by atoms with Crippen molar-refractivity contribution >= 4 is 23.9 Å². The summed E-state index contributed by atoms with van der Waals surface area (Å²) in [6, 6.07) is 0. The molecule has 0 spiro atoms. The molecular formula is C12H18O9. The molecule has 0 aromatic rings. The van der Waals surface area contributed by atoms with Crippen molar-refractivity contribution in [1.29, 1.82) is 0 Å². The molecule has 4 unspecified atom stereocenters. The SMILES string of the molecule is CC(O)C(=O)OC(C)C(=O)OC(C)C(=O)OC(C)C(=O)O. The quantitative estimate of drug-likeness (QED) is 0.459. The Morgan fingerprint density at radius 3 is 1.38 bits per heavy atom. The Hall–Kier alpha value is -2.16. The number of aliphatic hydroxyl groups is 1. The van der Waals surface area contributed by atoms with Crippen LogP contribution < -0.4 is 0 Å². The number of carbonyl (C=O) groups excluding carboxylic acids is 3. The molecule has 0 radical (unpaired) electrons. The van der Waals surface area contributed by atoms with Gasteiger partial charge in [0, 0.05) is 0 Å². The Balaban J connectivity index is 4.40. The van der Waals surface area contributed by atoms with E-state index >= 15 is 0 Å². The van der Waals surface area contributed by atoms with Gasteiger partial charge in [-0.15, -0.1) is 0 Å². The number of hydrogen-bond acceptors (Lipinski definition) is 8. The lowest BCUT2D eigenvalue weighted by molar-refractivity contribution is -0.182. The maximum Gasteiger partial charge on any atom is 0.347 e. The first-order valence-electron chi connectivity index (χ1n) is 6.08. The molecule has 0 saturated carbocycles. The van der Waals surface area contributed by atoms with E-state index in [2.05, 4.69) is 14.2 Å². The standard InChI is InChI=1S/C12H18O9/c1-5(13)10(16)20-7(3)12(18)21-8(4)11(17)19-6(2)9(14)15/h5-8,13H,1-4H3,(H,14,15). The molecule has 120 valence electrons. The normalized spacial score (nSPS) is 16.0. The average Bonchev–Trinajstić information content (AvgIpc) is 2.37. The summed E-state index contributed by atoms with van der Waals surface area (Å²) in [6.07, 6.45) is -5.49. The number of aliphatic hydroxyl groups excluding tert-OH is 1. The summed E-state index contributed by atoms with van der Waals surface area (Å²) in [5, 5.41) is 17.5. The lowest BCUT2D eigenvalue weighted by Gasteiger charge is -2.18. The summed E-state index contributed by atoms with van der Waals surface area (Å²) in [6.45, 7) is 4.67. The maximum absolute atomic E-state index is 11.5. The first-order chi connectivity index (χ1) is 9.56. The molecule has 9 nitrogen and oxygen atoms in total. The fourth-order valence-electron chi connectivity index (χ4n) is 0.959. The van der Waals surface area contributed by atoms with E-state index in [9.17, 15) is 19.2 Å². The van der Waals surface area contributed by atoms with Crippen LogP contribution in [0.5, 0.6) is 0 Å². The van der Waals surface area contributed by atoms with Crippen molar-refractivity contribution in [1.82, 2.24) is 0 Å². The van der Waals surface area contributed by atoms with E-state index in [1.807, 2.05) is 0 Å². The van der Waals surface area contributed by atoms with Gasteiger partial charge in [-0.1, -0.05) is 0 Å². The van der Waals surface area contributed by atoms with Gasteiger partial charge in [0.2, 0.25) is 0 Å². The maximum atomic E-state index is 11.5. The van der Waals surface area contributed by atoms with E-state index < -0.39 is 48.3 Å². The molecule has 9 heteroatoms. The second-order valence-electron chi connectivity index (χ2n) is 4.25. The van der Waals surface area contributed by atoms with Crippen LogP contribution in [0, 0.1) is 0 Å². The number of carboxylic acids is 1. The Morgan fingerprint density at radius 1 is 0.714 bits per heavy atom. The first-order valence-corrected chi connectivity index (χ1v) is 6.08. The van der Waals surface area contributed by atoms with Crippen LogP contribution in [-0.2, 0) is 33.4 Å². The number of hydrogen-bond donors (Lipinski definition) is 2. The van der Waals surface area contributed by atoms with Crippen LogP contribution in [-0.4, -0.2) is 58.5 Å². The highest BCUT2D eigenvalue weighted by atomic mass is 16.6. The third-order valence-corrected chi connectivity index (χ3v) is 2.23. The van der Waals surface area contributed by atoms with Gasteiger partial charge >= 0.3 is 23.9 Å². The third-order valence-electron chi connectivity index (χ3n) is 2.23. The summed E-state index contributed by atoms with van der Waals surface area (Å²) in [5.74, 6) is -4.45. The van der Waals surface area contributed by atoms with Gasteiger partial charge in [0.05, 0.1) is 0 Å². The highest BCUT2D eigenvalue weighted by molar-refractivity contribution is 5.84. The molecule has 4 atom stereocenters. The van der Waals surface area contributed by atoms with E-state index in [4.69, 9.17) is 10.2 Å². The largest absolute Gasteiger partial charge is 0.479 e. The van der Waals surface area contributed by atoms with Crippen molar-refractivity contribution in [3.8, 4) is 0 Å². The molecule has 0 heterocycles. The molecule has 2 N–H and O–H groups in total. The van der Waals surface area contributed by atoms with Crippen molar-refractivity contribution < 1.29 is 43.6 Å². The van der Waals surface area contributed by atoms with Crippen LogP contribution in [0.2, 0.25) is 0 Å². The lowest BCUT2D eigenvalue weighted by atomic mass is 10.3. The third kappa shape index (κ3) is 6.70. The minimum absolute atomic E-state index is 1.02. The molecule has 0 saturated heterocycles. The lowest BCUT2D eigenvalue weighted by Crippen LogP contribution is -2.36. The Morgan fingerprint density at radius 2 is 1.05 bits per heavy atom. The van der Waals surface area contributed by atoms with E-state index in [-0.39, 0.29) is 0 Å². The van der Waals surface area contributed by atoms with Crippen molar-refractivity contribution in [3.05, 3.63) is 0 Å². The summed E-state index contributed by atoms with van der Waals surface area (Å²) >= 11 is 0. The molecule has 0 fully saturated rings. The number of carboxylic acid groups (broad SMARTS) is 1.